The highest BCUT2D eigenvalue weighted by atomic mass is 28.1. The topological polar surface area (TPSA) is 46.5 Å². The first-order chi connectivity index (χ1) is 5.13. The molecule has 3 nitrogen and oxygen atoms in total. The number of ether oxygens (including phenoxy) is 1. The third-order valence-electron chi connectivity index (χ3n) is 1.41. The molecule has 0 fully saturated rings. The average Bonchev–Trinajstić information content (AvgIpc) is 1.88. The third kappa shape index (κ3) is 3.22. The van der Waals surface area contributed by atoms with Gasteiger partial charge in [-0.15, -0.1) is 0 Å². The van der Waals surface area contributed by atoms with Crippen LogP contribution in [0.25, 0.3) is 0 Å². The van der Waals surface area contributed by atoms with E-state index in [9.17, 15) is 4.79 Å². The first-order valence-corrected chi connectivity index (χ1v) is 4.60. The lowest BCUT2D eigenvalue weighted by atomic mass is 10.3. The Hall–Kier alpha value is -0.773. The summed E-state index contributed by atoms with van der Waals surface area (Å²) < 4.78 is 4.74. The minimum absolute atomic E-state index is 0.138. The van der Waals surface area contributed by atoms with Crippen LogP contribution in [0.2, 0.25) is 0 Å². The Labute approximate surface area is 69.5 Å². The summed E-state index contributed by atoms with van der Waals surface area (Å²) in [4.78, 5) is 10.5. The Morgan fingerprint density at radius 2 is 2.18 bits per heavy atom. The summed E-state index contributed by atoms with van der Waals surface area (Å²) in [5, 5.41) is 9.54. The van der Waals surface area contributed by atoms with Gasteiger partial charge in [0, 0.05) is 10.2 Å². The zero-order chi connectivity index (χ0) is 8.85. The van der Waals surface area contributed by atoms with Crippen LogP contribution in [0.15, 0.2) is 11.0 Å². The molecule has 0 saturated carbocycles. The van der Waals surface area contributed by atoms with E-state index in [2.05, 4.69) is 0 Å². The molecule has 0 saturated heterocycles. The van der Waals surface area contributed by atoms with Crippen LogP contribution in [0.4, 0.5) is 0 Å². The van der Waals surface area contributed by atoms with Gasteiger partial charge in [0.2, 0.25) is 0 Å². The van der Waals surface area contributed by atoms with Crippen molar-refractivity contribution in [3.05, 3.63) is 11.0 Å². The highest BCUT2D eigenvalue weighted by Crippen LogP contribution is 2.07. The zero-order valence-electron chi connectivity index (χ0n) is 7.18. The molecule has 4 heteroatoms. The maximum atomic E-state index is 10.5. The first kappa shape index (κ1) is 10.2. The molecule has 0 aliphatic carbocycles. The third-order valence-corrected chi connectivity index (χ3v) is 2.37. The summed E-state index contributed by atoms with van der Waals surface area (Å²) in [5.41, 5.74) is 0. The number of hydrogen-bond donors (Lipinski definition) is 1. The Kier molecular flexibility index (Phi) is 4.61. The van der Waals surface area contributed by atoms with Gasteiger partial charge in [0.1, 0.15) is 0 Å². The largest absolute Gasteiger partial charge is 0.490 e. The Morgan fingerprint density at radius 3 is 2.45 bits per heavy atom. The number of carboxylic acid groups (broad SMARTS) is 1. The molecule has 11 heavy (non-hydrogen) atoms. The molecule has 0 atom stereocenters. The van der Waals surface area contributed by atoms with Crippen molar-refractivity contribution in [3.8, 4) is 0 Å². The zero-order valence-corrected chi connectivity index (χ0v) is 9.18. The molecule has 0 heterocycles. The Balaban J connectivity index is 4.40. The number of hydrogen-bond acceptors (Lipinski definition) is 2. The summed E-state index contributed by atoms with van der Waals surface area (Å²) in [5.74, 6) is -0.815. The molecule has 1 N–H and O–H groups in total. The molecule has 0 aliphatic rings. The quantitative estimate of drug-likeness (QED) is 0.373. The maximum absolute atomic E-state index is 10.5. The summed E-state index contributed by atoms with van der Waals surface area (Å²) in [7, 11) is 2.16. The highest BCUT2D eigenvalue weighted by Gasteiger charge is 2.09. The fourth-order valence-electron chi connectivity index (χ4n) is 0.933. The van der Waals surface area contributed by atoms with E-state index in [4.69, 9.17) is 9.84 Å². The Bertz CT molecular complexity index is 175. The van der Waals surface area contributed by atoms with Crippen molar-refractivity contribution in [1.29, 1.82) is 0 Å². The van der Waals surface area contributed by atoms with Crippen LogP contribution >= 0.6 is 0 Å². The summed E-state index contributed by atoms with van der Waals surface area (Å²) in [6.07, 6.45) is 1.81. The van der Waals surface area contributed by atoms with Crippen molar-refractivity contribution in [1.82, 2.24) is 0 Å². The van der Waals surface area contributed by atoms with Gasteiger partial charge in [0.05, 0.1) is 7.11 Å². The monoisotopic (exact) mass is 174 g/mol. The van der Waals surface area contributed by atoms with E-state index in [1.165, 1.54) is 7.11 Å². The molecule has 0 aliphatic heterocycles. The molecular weight excluding hydrogens is 160 g/mol. The van der Waals surface area contributed by atoms with Crippen LogP contribution in [0.3, 0.4) is 0 Å². The highest BCUT2D eigenvalue weighted by molar-refractivity contribution is 6.23. The smallest absolute Gasteiger partial charge is 0.370 e. The minimum Gasteiger partial charge on any atom is -0.490 e. The molecule has 0 aromatic carbocycles. The molecule has 64 valence electrons. The van der Waals surface area contributed by atoms with Gasteiger partial charge >= 0.3 is 5.97 Å². The van der Waals surface area contributed by atoms with Crippen molar-refractivity contribution < 1.29 is 14.6 Å². The number of allylic oxidation sites excluding steroid dienone is 1. The van der Waals surface area contributed by atoms with Crippen molar-refractivity contribution in [2.75, 3.05) is 7.11 Å². The van der Waals surface area contributed by atoms with Crippen LogP contribution < -0.4 is 0 Å². The minimum atomic E-state index is -0.953. The molecule has 0 amide bonds. The van der Waals surface area contributed by atoms with Gasteiger partial charge in [-0.3, -0.25) is 0 Å². The Morgan fingerprint density at radius 1 is 1.64 bits per heavy atom. The van der Waals surface area contributed by atoms with Crippen molar-refractivity contribution in [2.24, 2.45) is 0 Å². The van der Waals surface area contributed by atoms with Gasteiger partial charge in [0.25, 0.3) is 0 Å². The molecular formula is C7H14O3Si. The number of methoxy groups -OCH3 is 1. The van der Waals surface area contributed by atoms with Gasteiger partial charge in [-0.05, 0) is 11.6 Å². The second-order valence-corrected chi connectivity index (χ2v) is 3.58. The summed E-state index contributed by atoms with van der Waals surface area (Å²) in [6.45, 7) is 2.02. The van der Waals surface area contributed by atoms with Crippen molar-refractivity contribution >= 4 is 16.2 Å². The lowest BCUT2D eigenvalue weighted by Crippen LogP contribution is -2.06. The SMILES string of the molecule is CCC/C([SiH3])=C(\OC)C(=O)O. The van der Waals surface area contributed by atoms with Crippen LogP contribution in [-0.2, 0) is 9.53 Å². The molecule has 0 radical (unpaired) electrons. The predicted octanol–water partition coefficient (Wildman–Crippen LogP) is 0.0945. The van der Waals surface area contributed by atoms with Gasteiger partial charge in [-0.25, -0.2) is 4.79 Å². The molecule has 0 aromatic heterocycles. The van der Waals surface area contributed by atoms with Gasteiger partial charge < -0.3 is 9.84 Å². The molecule has 0 rings (SSSR count). The van der Waals surface area contributed by atoms with Crippen LogP contribution in [0.1, 0.15) is 19.8 Å². The molecule has 0 bridgehead atoms. The van der Waals surface area contributed by atoms with Crippen LogP contribution in [-0.4, -0.2) is 28.4 Å². The van der Waals surface area contributed by atoms with Crippen molar-refractivity contribution in [2.45, 2.75) is 19.8 Å². The van der Waals surface area contributed by atoms with Crippen LogP contribution in [0.5, 0.6) is 0 Å². The second-order valence-electron chi connectivity index (χ2n) is 2.37. The van der Waals surface area contributed by atoms with E-state index in [0.717, 1.165) is 28.3 Å². The fourth-order valence-corrected chi connectivity index (χ4v) is 1.85. The number of rotatable bonds is 4. The van der Waals surface area contributed by atoms with E-state index < -0.39 is 5.97 Å². The fraction of sp³-hybridized carbons (Fsp3) is 0.571. The van der Waals surface area contributed by atoms with E-state index in [1.54, 1.807) is 0 Å². The lowest BCUT2D eigenvalue weighted by molar-refractivity contribution is -0.136. The van der Waals surface area contributed by atoms with Crippen molar-refractivity contribution in [3.63, 3.8) is 0 Å². The number of carbonyl (C=O) groups is 1. The van der Waals surface area contributed by atoms with Gasteiger partial charge in [-0.2, -0.15) is 0 Å². The van der Waals surface area contributed by atoms with Gasteiger partial charge in [-0.1, -0.05) is 13.3 Å². The van der Waals surface area contributed by atoms with E-state index in [0.29, 0.717) is 0 Å². The second kappa shape index (κ2) is 4.95. The lowest BCUT2D eigenvalue weighted by Gasteiger charge is -2.04. The predicted molar refractivity (Wildman–Crippen MR) is 46.5 cm³/mol. The maximum Gasteiger partial charge on any atom is 0.370 e. The first-order valence-electron chi connectivity index (χ1n) is 3.60. The standard InChI is InChI=1S/C7H14O3Si/c1-3-4-5(11)6(10-2)7(8)9/h3-4H2,1-2,11H3,(H,8,9)/b6-5+. The van der Waals surface area contributed by atoms with Crippen LogP contribution in [0, 0.1) is 0 Å². The summed E-state index contributed by atoms with van der Waals surface area (Å²) in [6, 6.07) is 0. The molecule has 0 spiro atoms. The van der Waals surface area contributed by atoms with E-state index >= 15 is 0 Å². The normalized spacial score (nSPS) is 12.5. The summed E-state index contributed by atoms with van der Waals surface area (Å²) >= 11 is 0. The number of aliphatic carboxylic acids is 1. The molecule has 0 aromatic rings. The van der Waals surface area contributed by atoms with E-state index in [-0.39, 0.29) is 5.76 Å². The van der Waals surface area contributed by atoms with E-state index in [1.807, 2.05) is 6.92 Å². The van der Waals surface area contributed by atoms with Gasteiger partial charge in [0.15, 0.2) is 5.76 Å². The average molecular weight is 174 g/mol. The molecule has 0 unspecified atom stereocenters. The number of carboxylic acids is 1.